The molecule has 0 fully saturated rings. The first-order valence-electron chi connectivity index (χ1n) is 15.0. The van der Waals surface area contributed by atoms with Gasteiger partial charge in [0.2, 0.25) is 0 Å². The highest BCUT2D eigenvalue weighted by atomic mass is 32.1. The van der Waals surface area contributed by atoms with Gasteiger partial charge in [-0.3, -0.25) is 14.2 Å². The van der Waals surface area contributed by atoms with E-state index in [1.165, 1.54) is 11.3 Å². The largest absolute Gasteiger partial charge is 0.490 e. The van der Waals surface area contributed by atoms with Crippen molar-refractivity contribution in [2.75, 3.05) is 25.1 Å². The molecular formula is C37H33N3O5S. The second-order valence-corrected chi connectivity index (χ2v) is 11.5. The summed E-state index contributed by atoms with van der Waals surface area (Å²) in [7, 11) is 0. The van der Waals surface area contributed by atoms with E-state index >= 15 is 0 Å². The molecule has 1 aromatic heterocycles. The number of carbonyl (C=O) groups excluding carboxylic acids is 1. The normalized spacial score (nSPS) is 14.3. The summed E-state index contributed by atoms with van der Waals surface area (Å²) in [4.78, 5) is 33.0. The van der Waals surface area contributed by atoms with Crippen molar-refractivity contribution in [1.29, 1.82) is 0 Å². The Morgan fingerprint density at radius 1 is 0.870 bits per heavy atom. The molecule has 1 aliphatic heterocycles. The fourth-order valence-corrected chi connectivity index (χ4v) is 6.31. The molecule has 1 amide bonds. The molecule has 0 aliphatic carbocycles. The number of hydrogen-bond donors (Lipinski definition) is 1. The van der Waals surface area contributed by atoms with Crippen LogP contribution in [0.25, 0.3) is 6.08 Å². The van der Waals surface area contributed by atoms with E-state index in [-0.39, 0.29) is 11.5 Å². The van der Waals surface area contributed by atoms with Gasteiger partial charge >= 0.3 is 0 Å². The number of rotatable bonds is 11. The maximum absolute atomic E-state index is 14.1. The number of ether oxygens (including phenoxy) is 3. The van der Waals surface area contributed by atoms with Crippen LogP contribution in [-0.2, 0) is 4.79 Å². The number of nitrogens with zero attached hydrogens (tertiary/aromatic N) is 2. The Bertz CT molecular complexity index is 2040. The molecule has 0 unspecified atom stereocenters. The molecule has 1 aliphatic rings. The number of para-hydroxylation sites is 2. The number of fused-ring (bicyclic) bond motifs is 1. The molecule has 0 spiro atoms. The molecule has 4 aromatic carbocycles. The number of anilines is 1. The van der Waals surface area contributed by atoms with E-state index in [2.05, 4.69) is 5.32 Å². The van der Waals surface area contributed by atoms with Gasteiger partial charge in [-0.2, -0.15) is 0 Å². The van der Waals surface area contributed by atoms with Crippen LogP contribution >= 0.6 is 11.3 Å². The Morgan fingerprint density at radius 2 is 1.54 bits per heavy atom. The number of amides is 1. The lowest BCUT2D eigenvalue weighted by molar-refractivity contribution is -0.113. The van der Waals surface area contributed by atoms with E-state index in [4.69, 9.17) is 19.2 Å². The van der Waals surface area contributed by atoms with Gasteiger partial charge in [-0.05, 0) is 67.4 Å². The van der Waals surface area contributed by atoms with Gasteiger partial charge in [0.05, 0.1) is 28.5 Å². The molecule has 0 saturated heterocycles. The van der Waals surface area contributed by atoms with Gasteiger partial charge in [-0.25, -0.2) is 4.99 Å². The minimum Gasteiger partial charge on any atom is -0.490 e. The van der Waals surface area contributed by atoms with E-state index in [0.717, 1.165) is 16.9 Å². The van der Waals surface area contributed by atoms with Crippen molar-refractivity contribution < 1.29 is 19.0 Å². The molecule has 0 saturated carbocycles. The van der Waals surface area contributed by atoms with Gasteiger partial charge in [0.1, 0.15) is 19.0 Å². The lowest BCUT2D eigenvalue weighted by Gasteiger charge is -2.25. The van der Waals surface area contributed by atoms with Gasteiger partial charge < -0.3 is 19.5 Å². The highest BCUT2D eigenvalue weighted by Crippen LogP contribution is 2.31. The van der Waals surface area contributed by atoms with E-state index in [1.54, 1.807) is 4.57 Å². The van der Waals surface area contributed by atoms with E-state index < -0.39 is 6.04 Å². The first-order valence-corrected chi connectivity index (χ1v) is 15.8. The summed E-state index contributed by atoms with van der Waals surface area (Å²) in [5.41, 5.74) is 3.01. The number of thiazole rings is 1. The fourth-order valence-electron chi connectivity index (χ4n) is 5.26. The Labute approximate surface area is 270 Å². The third-order valence-electron chi connectivity index (χ3n) is 7.33. The Hall–Kier alpha value is -5.41. The van der Waals surface area contributed by atoms with Gasteiger partial charge in [-0.1, -0.05) is 84.1 Å². The molecule has 1 N–H and O–H groups in total. The van der Waals surface area contributed by atoms with Crippen molar-refractivity contribution in [3.05, 3.63) is 151 Å². The first-order chi connectivity index (χ1) is 22.5. The molecule has 0 bridgehead atoms. The Kier molecular flexibility index (Phi) is 9.40. The van der Waals surface area contributed by atoms with Crippen LogP contribution in [0.5, 0.6) is 17.2 Å². The van der Waals surface area contributed by atoms with Crippen LogP contribution in [0.1, 0.15) is 31.0 Å². The SMILES string of the molecule is CCOc1cc(/C=c2\sc3n(c2=O)[C@@H](c2ccccc2)C(C(=O)Nc2ccccc2)=C(C)N=3)ccc1OCCOc1ccccc1. The van der Waals surface area contributed by atoms with Crippen LogP contribution in [0.4, 0.5) is 5.69 Å². The number of allylic oxidation sites excluding steroid dienone is 1. The third kappa shape index (κ3) is 6.79. The summed E-state index contributed by atoms with van der Waals surface area (Å²) in [6.45, 7) is 4.89. The summed E-state index contributed by atoms with van der Waals surface area (Å²) < 4.78 is 19.7. The second-order valence-electron chi connectivity index (χ2n) is 10.5. The van der Waals surface area contributed by atoms with Crippen molar-refractivity contribution in [1.82, 2.24) is 4.57 Å². The summed E-state index contributed by atoms with van der Waals surface area (Å²) in [6, 6.07) is 33.3. The van der Waals surface area contributed by atoms with Crippen LogP contribution in [-0.4, -0.2) is 30.3 Å². The summed E-state index contributed by atoms with van der Waals surface area (Å²) in [5, 5.41) is 2.98. The minimum atomic E-state index is -0.642. The Balaban J connectivity index is 1.31. The standard InChI is InChI=1S/C37H33N3O5S/c1-3-43-31-23-26(19-20-30(31)45-22-21-44-29-17-11-6-12-18-29)24-32-36(42)40-34(27-13-7-4-8-14-27)33(25(2)38-37(40)46-32)35(41)39-28-15-9-5-10-16-28/h4-20,23-24,34H,3,21-22H2,1-2H3,(H,39,41)/b32-24-/t34-/m0/s1. The molecule has 6 rings (SSSR count). The molecule has 8 nitrogen and oxygen atoms in total. The zero-order valence-electron chi connectivity index (χ0n) is 25.5. The summed E-state index contributed by atoms with van der Waals surface area (Å²) in [6.07, 6.45) is 1.82. The van der Waals surface area contributed by atoms with Crippen molar-refractivity contribution in [3.8, 4) is 17.2 Å². The maximum Gasteiger partial charge on any atom is 0.271 e. The lowest BCUT2D eigenvalue weighted by atomic mass is 9.95. The highest BCUT2D eigenvalue weighted by Gasteiger charge is 2.32. The van der Waals surface area contributed by atoms with Crippen LogP contribution in [0, 0.1) is 0 Å². The van der Waals surface area contributed by atoms with E-state index in [0.29, 0.717) is 57.6 Å². The van der Waals surface area contributed by atoms with Gasteiger partial charge in [0, 0.05) is 5.69 Å². The maximum atomic E-state index is 14.1. The summed E-state index contributed by atoms with van der Waals surface area (Å²) in [5.74, 6) is 1.63. The third-order valence-corrected chi connectivity index (χ3v) is 8.31. The van der Waals surface area contributed by atoms with Gasteiger partial charge in [-0.15, -0.1) is 0 Å². The number of aromatic nitrogens is 1. The van der Waals surface area contributed by atoms with Crippen molar-refractivity contribution in [3.63, 3.8) is 0 Å². The van der Waals surface area contributed by atoms with Crippen LogP contribution in [0.3, 0.4) is 0 Å². The fraction of sp³-hybridized carbons (Fsp3) is 0.162. The first kappa shape index (κ1) is 30.6. The van der Waals surface area contributed by atoms with Crippen molar-refractivity contribution in [2.45, 2.75) is 19.9 Å². The topological polar surface area (TPSA) is 91.2 Å². The monoisotopic (exact) mass is 631 g/mol. The second kappa shape index (κ2) is 14.1. The minimum absolute atomic E-state index is 0.230. The van der Waals surface area contributed by atoms with Gasteiger partial charge in [0.15, 0.2) is 16.3 Å². The average Bonchev–Trinajstić information content (AvgIpc) is 3.38. The molecular weight excluding hydrogens is 598 g/mol. The molecule has 46 heavy (non-hydrogen) atoms. The molecule has 1 atom stereocenters. The number of benzene rings is 4. The highest BCUT2D eigenvalue weighted by molar-refractivity contribution is 7.07. The molecule has 9 heteroatoms. The number of hydrogen-bond acceptors (Lipinski definition) is 7. The smallest absolute Gasteiger partial charge is 0.271 e. The van der Waals surface area contributed by atoms with Crippen molar-refractivity contribution in [2.24, 2.45) is 4.99 Å². The van der Waals surface area contributed by atoms with Crippen LogP contribution in [0.2, 0.25) is 0 Å². The quantitative estimate of drug-likeness (QED) is 0.188. The number of carbonyl (C=O) groups is 1. The van der Waals surface area contributed by atoms with Crippen molar-refractivity contribution >= 4 is 29.0 Å². The molecule has 2 heterocycles. The molecule has 0 radical (unpaired) electrons. The van der Waals surface area contributed by atoms with Gasteiger partial charge in [0.25, 0.3) is 11.5 Å². The zero-order chi connectivity index (χ0) is 31.9. The van der Waals surface area contributed by atoms with Crippen LogP contribution < -0.4 is 34.4 Å². The average molecular weight is 632 g/mol. The molecule has 232 valence electrons. The lowest BCUT2D eigenvalue weighted by Crippen LogP contribution is -2.40. The molecule has 5 aromatic rings. The predicted molar refractivity (Wildman–Crippen MR) is 180 cm³/mol. The Morgan fingerprint density at radius 3 is 2.26 bits per heavy atom. The van der Waals surface area contributed by atoms with E-state index in [9.17, 15) is 9.59 Å². The summed E-state index contributed by atoms with van der Waals surface area (Å²) >= 11 is 1.29. The number of nitrogens with one attached hydrogen (secondary N) is 1. The van der Waals surface area contributed by atoms with Crippen LogP contribution in [0.15, 0.2) is 130 Å². The predicted octanol–water partition coefficient (Wildman–Crippen LogP) is 5.73. The zero-order valence-corrected chi connectivity index (χ0v) is 26.3. The van der Waals surface area contributed by atoms with E-state index in [1.807, 2.05) is 129 Å².